The molecule has 0 aliphatic heterocycles. The van der Waals surface area contributed by atoms with Crippen molar-refractivity contribution in [1.82, 2.24) is 0 Å². The SMILES string of the molecule is CCOC(C)/C(=C/C(=O)O)C(=O)OC. The third-order valence-electron chi connectivity index (χ3n) is 1.55. The number of rotatable bonds is 5. The molecule has 0 bridgehead atoms. The molecule has 0 aliphatic carbocycles. The molecule has 0 radical (unpaired) electrons. The molecule has 0 aromatic carbocycles. The van der Waals surface area contributed by atoms with Crippen molar-refractivity contribution in [3.05, 3.63) is 11.6 Å². The highest BCUT2D eigenvalue weighted by Crippen LogP contribution is 2.08. The fraction of sp³-hybridized carbons (Fsp3) is 0.556. The molecule has 0 aromatic heterocycles. The van der Waals surface area contributed by atoms with E-state index in [1.165, 1.54) is 7.11 Å². The van der Waals surface area contributed by atoms with E-state index in [0.29, 0.717) is 6.61 Å². The maximum Gasteiger partial charge on any atom is 0.336 e. The number of hydrogen-bond donors (Lipinski definition) is 1. The largest absolute Gasteiger partial charge is 0.478 e. The maximum absolute atomic E-state index is 11.1. The van der Waals surface area contributed by atoms with Gasteiger partial charge in [0.1, 0.15) is 0 Å². The second-order valence-corrected chi connectivity index (χ2v) is 2.53. The molecule has 0 amide bonds. The molecule has 0 aromatic rings. The van der Waals surface area contributed by atoms with E-state index in [9.17, 15) is 9.59 Å². The number of hydrogen-bond acceptors (Lipinski definition) is 4. The second kappa shape index (κ2) is 6.15. The highest BCUT2D eigenvalue weighted by atomic mass is 16.5. The number of ether oxygens (including phenoxy) is 2. The molecule has 1 unspecified atom stereocenters. The summed E-state index contributed by atoms with van der Waals surface area (Å²) in [5, 5.41) is 8.51. The number of carboxylic acid groups (broad SMARTS) is 1. The van der Waals surface area contributed by atoms with E-state index in [4.69, 9.17) is 9.84 Å². The summed E-state index contributed by atoms with van der Waals surface area (Å²) in [4.78, 5) is 21.5. The number of aliphatic carboxylic acids is 1. The summed E-state index contributed by atoms with van der Waals surface area (Å²) in [5.74, 6) is -1.88. The Balaban J connectivity index is 4.72. The minimum atomic E-state index is -1.20. The van der Waals surface area contributed by atoms with Crippen LogP contribution in [0, 0.1) is 0 Å². The van der Waals surface area contributed by atoms with Gasteiger partial charge in [-0.25, -0.2) is 9.59 Å². The van der Waals surface area contributed by atoms with Crippen LogP contribution in [0.1, 0.15) is 13.8 Å². The Bertz CT molecular complexity index is 244. The van der Waals surface area contributed by atoms with E-state index in [2.05, 4.69) is 4.74 Å². The van der Waals surface area contributed by atoms with Crippen molar-refractivity contribution in [3.8, 4) is 0 Å². The van der Waals surface area contributed by atoms with E-state index in [1.54, 1.807) is 13.8 Å². The molecule has 0 rings (SSSR count). The standard InChI is InChI=1S/C9H14O5/c1-4-14-6(2)7(5-8(10)11)9(12)13-3/h5-6H,4H2,1-3H3,(H,10,11)/b7-5-. The lowest BCUT2D eigenvalue weighted by atomic mass is 10.1. The third-order valence-corrected chi connectivity index (χ3v) is 1.55. The van der Waals surface area contributed by atoms with Gasteiger partial charge in [-0.15, -0.1) is 0 Å². The van der Waals surface area contributed by atoms with Gasteiger partial charge in [-0.1, -0.05) is 0 Å². The highest BCUT2D eigenvalue weighted by Gasteiger charge is 2.19. The lowest BCUT2D eigenvalue weighted by Gasteiger charge is -2.13. The molecule has 0 fully saturated rings. The van der Waals surface area contributed by atoms with Gasteiger partial charge in [-0.3, -0.25) is 0 Å². The molecule has 0 heterocycles. The Morgan fingerprint density at radius 3 is 2.43 bits per heavy atom. The summed E-state index contributed by atoms with van der Waals surface area (Å²) in [6.45, 7) is 3.75. The number of esters is 1. The Labute approximate surface area is 82.3 Å². The van der Waals surface area contributed by atoms with Crippen LogP contribution in [0.2, 0.25) is 0 Å². The zero-order valence-corrected chi connectivity index (χ0v) is 8.44. The van der Waals surface area contributed by atoms with Crippen molar-refractivity contribution in [3.63, 3.8) is 0 Å². The number of carbonyl (C=O) groups is 2. The monoisotopic (exact) mass is 202 g/mol. The summed E-state index contributed by atoms with van der Waals surface area (Å²) in [7, 11) is 1.19. The molecular formula is C9H14O5. The van der Waals surface area contributed by atoms with Crippen LogP contribution in [0.25, 0.3) is 0 Å². The maximum atomic E-state index is 11.1. The average Bonchev–Trinajstić information content (AvgIpc) is 2.13. The molecule has 0 saturated carbocycles. The van der Waals surface area contributed by atoms with Gasteiger partial charge in [0, 0.05) is 12.7 Å². The van der Waals surface area contributed by atoms with Gasteiger partial charge in [-0.05, 0) is 13.8 Å². The van der Waals surface area contributed by atoms with Crippen molar-refractivity contribution in [2.24, 2.45) is 0 Å². The first-order valence-corrected chi connectivity index (χ1v) is 4.17. The second-order valence-electron chi connectivity index (χ2n) is 2.53. The predicted octanol–water partition coefficient (Wildman–Crippen LogP) is 0.595. The van der Waals surface area contributed by atoms with Crippen LogP contribution in [0.3, 0.4) is 0 Å². The van der Waals surface area contributed by atoms with Gasteiger partial charge in [0.15, 0.2) is 0 Å². The number of methoxy groups -OCH3 is 1. The summed E-state index contributed by atoms with van der Waals surface area (Å²) < 4.78 is 9.53. The number of carbonyl (C=O) groups excluding carboxylic acids is 1. The minimum absolute atomic E-state index is 0.00171. The molecule has 5 heteroatoms. The third kappa shape index (κ3) is 4.04. The number of carboxylic acids is 1. The van der Waals surface area contributed by atoms with Gasteiger partial charge < -0.3 is 14.6 Å². The van der Waals surface area contributed by atoms with Crippen LogP contribution in [-0.2, 0) is 19.1 Å². The fourth-order valence-corrected chi connectivity index (χ4v) is 0.933. The lowest BCUT2D eigenvalue weighted by molar-refractivity contribution is -0.139. The van der Waals surface area contributed by atoms with Gasteiger partial charge in [0.05, 0.1) is 18.8 Å². The molecular weight excluding hydrogens is 188 g/mol. The predicted molar refractivity (Wildman–Crippen MR) is 48.8 cm³/mol. The fourth-order valence-electron chi connectivity index (χ4n) is 0.933. The highest BCUT2D eigenvalue weighted by molar-refractivity contribution is 5.96. The summed E-state index contributed by atoms with van der Waals surface area (Å²) in [6, 6.07) is 0. The Kier molecular flexibility index (Phi) is 5.55. The molecule has 0 saturated heterocycles. The smallest absolute Gasteiger partial charge is 0.336 e. The molecule has 14 heavy (non-hydrogen) atoms. The van der Waals surface area contributed by atoms with Gasteiger partial charge in [-0.2, -0.15) is 0 Å². The zero-order chi connectivity index (χ0) is 11.1. The topological polar surface area (TPSA) is 72.8 Å². The van der Waals surface area contributed by atoms with Gasteiger partial charge >= 0.3 is 11.9 Å². The Morgan fingerprint density at radius 1 is 1.50 bits per heavy atom. The van der Waals surface area contributed by atoms with Crippen LogP contribution < -0.4 is 0 Å². The van der Waals surface area contributed by atoms with E-state index in [-0.39, 0.29) is 5.57 Å². The van der Waals surface area contributed by atoms with Crippen LogP contribution in [0.5, 0.6) is 0 Å². The van der Waals surface area contributed by atoms with Gasteiger partial charge in [0.25, 0.3) is 0 Å². The summed E-state index contributed by atoms with van der Waals surface area (Å²) in [5.41, 5.74) is 0.00171. The Hall–Kier alpha value is -1.36. The van der Waals surface area contributed by atoms with Gasteiger partial charge in [0.2, 0.25) is 0 Å². The zero-order valence-electron chi connectivity index (χ0n) is 8.44. The average molecular weight is 202 g/mol. The minimum Gasteiger partial charge on any atom is -0.478 e. The van der Waals surface area contributed by atoms with Crippen LogP contribution >= 0.6 is 0 Å². The van der Waals surface area contributed by atoms with Crippen molar-refractivity contribution in [1.29, 1.82) is 0 Å². The normalized spacial score (nSPS) is 13.5. The van der Waals surface area contributed by atoms with E-state index in [1.807, 2.05) is 0 Å². The van der Waals surface area contributed by atoms with E-state index < -0.39 is 18.0 Å². The quantitative estimate of drug-likeness (QED) is 0.522. The molecule has 0 aliphatic rings. The van der Waals surface area contributed by atoms with Crippen LogP contribution in [0.15, 0.2) is 11.6 Å². The Morgan fingerprint density at radius 2 is 2.07 bits per heavy atom. The van der Waals surface area contributed by atoms with Crippen molar-refractivity contribution in [2.45, 2.75) is 20.0 Å². The first kappa shape index (κ1) is 12.6. The van der Waals surface area contributed by atoms with Crippen molar-refractivity contribution < 1.29 is 24.2 Å². The van der Waals surface area contributed by atoms with Crippen LogP contribution in [0.4, 0.5) is 0 Å². The van der Waals surface area contributed by atoms with Crippen molar-refractivity contribution >= 4 is 11.9 Å². The van der Waals surface area contributed by atoms with E-state index in [0.717, 1.165) is 6.08 Å². The molecule has 1 N–H and O–H groups in total. The molecule has 5 nitrogen and oxygen atoms in total. The summed E-state index contributed by atoms with van der Waals surface area (Å²) >= 11 is 0. The lowest BCUT2D eigenvalue weighted by Crippen LogP contribution is -2.21. The van der Waals surface area contributed by atoms with Crippen LogP contribution in [-0.4, -0.2) is 36.9 Å². The first-order valence-electron chi connectivity index (χ1n) is 4.17. The summed E-state index contributed by atoms with van der Waals surface area (Å²) in [6.07, 6.45) is 0.218. The molecule has 0 spiro atoms. The first-order chi connectivity index (χ1) is 6.52. The van der Waals surface area contributed by atoms with E-state index >= 15 is 0 Å². The van der Waals surface area contributed by atoms with Crippen molar-refractivity contribution in [2.75, 3.05) is 13.7 Å². The molecule has 80 valence electrons. The molecule has 1 atom stereocenters.